The van der Waals surface area contributed by atoms with Crippen LogP contribution in [0.1, 0.15) is 28.8 Å². The van der Waals surface area contributed by atoms with Gasteiger partial charge in [0, 0.05) is 31.4 Å². The predicted molar refractivity (Wildman–Crippen MR) is 116 cm³/mol. The zero-order valence-corrected chi connectivity index (χ0v) is 17.4. The van der Waals surface area contributed by atoms with E-state index in [1.165, 1.54) is 28.0 Å². The van der Waals surface area contributed by atoms with E-state index in [4.69, 9.17) is 4.74 Å². The quantitative estimate of drug-likeness (QED) is 0.635. The van der Waals surface area contributed by atoms with E-state index < -0.39 is 0 Å². The number of fused-ring (bicyclic) bond motifs is 1. The van der Waals surface area contributed by atoms with Crippen LogP contribution in [0.25, 0.3) is 0 Å². The number of carbonyl (C=O) groups is 1. The first-order valence-corrected chi connectivity index (χ1v) is 10.7. The van der Waals surface area contributed by atoms with Crippen molar-refractivity contribution in [1.82, 2.24) is 9.88 Å². The number of methoxy groups -OCH3 is 1. The van der Waals surface area contributed by atoms with E-state index in [9.17, 15) is 4.79 Å². The third-order valence-electron chi connectivity index (χ3n) is 5.17. The molecule has 2 heterocycles. The Balaban J connectivity index is 1.28. The molecule has 0 fully saturated rings. The minimum Gasteiger partial charge on any atom is -0.497 e. The van der Waals surface area contributed by atoms with Crippen molar-refractivity contribution in [2.45, 2.75) is 32.4 Å². The van der Waals surface area contributed by atoms with E-state index in [1.54, 1.807) is 7.11 Å². The lowest BCUT2D eigenvalue weighted by Gasteiger charge is -2.28. The highest BCUT2D eigenvalue weighted by molar-refractivity contribution is 7.13. The van der Waals surface area contributed by atoms with Crippen molar-refractivity contribution in [3.8, 4) is 5.75 Å². The molecule has 3 aromatic rings. The van der Waals surface area contributed by atoms with Gasteiger partial charge in [0.1, 0.15) is 5.75 Å². The van der Waals surface area contributed by atoms with Gasteiger partial charge in [0.25, 0.3) is 0 Å². The van der Waals surface area contributed by atoms with Gasteiger partial charge in [-0.2, -0.15) is 0 Å². The van der Waals surface area contributed by atoms with Crippen molar-refractivity contribution in [2.24, 2.45) is 0 Å². The largest absolute Gasteiger partial charge is 0.497 e. The van der Waals surface area contributed by atoms with E-state index in [1.807, 2.05) is 41.8 Å². The maximum Gasteiger partial charge on any atom is 0.226 e. The summed E-state index contributed by atoms with van der Waals surface area (Å²) in [7, 11) is 1.71. The molecule has 0 saturated heterocycles. The average Bonchev–Trinajstić information content (AvgIpc) is 3.19. The summed E-state index contributed by atoms with van der Waals surface area (Å²) in [6.45, 7) is 2.70. The summed E-state index contributed by atoms with van der Waals surface area (Å²) in [5.74, 6) is 0.931. The molecule has 5 nitrogen and oxygen atoms in total. The van der Waals surface area contributed by atoms with Crippen LogP contribution in [0, 0.1) is 0 Å². The molecule has 0 spiro atoms. The Hall–Kier alpha value is -2.70. The van der Waals surface area contributed by atoms with E-state index in [-0.39, 0.29) is 5.91 Å². The first-order valence-electron chi connectivity index (χ1n) is 9.86. The van der Waals surface area contributed by atoms with Crippen LogP contribution in [0.4, 0.5) is 5.13 Å². The number of benzene rings is 2. The number of anilines is 1. The lowest BCUT2D eigenvalue weighted by Crippen LogP contribution is -2.30. The first-order chi connectivity index (χ1) is 14.2. The summed E-state index contributed by atoms with van der Waals surface area (Å²) in [5.41, 5.74) is 4.89. The second-order valence-electron chi connectivity index (χ2n) is 7.27. The van der Waals surface area contributed by atoms with Gasteiger partial charge >= 0.3 is 0 Å². The minimum atomic E-state index is 0.00982. The maximum absolute atomic E-state index is 12.2. The third kappa shape index (κ3) is 5.22. The number of rotatable bonds is 7. The summed E-state index contributed by atoms with van der Waals surface area (Å²) in [6.07, 6.45) is 2.22. The molecule has 4 rings (SSSR count). The van der Waals surface area contributed by atoms with Crippen LogP contribution in [0.15, 0.2) is 53.9 Å². The molecular formula is C23H25N3O2S. The van der Waals surface area contributed by atoms with E-state index in [2.05, 4.69) is 27.3 Å². The molecule has 1 aromatic heterocycles. The summed E-state index contributed by atoms with van der Waals surface area (Å²) >= 11 is 1.49. The van der Waals surface area contributed by atoms with Crippen LogP contribution in [0.3, 0.4) is 0 Å². The molecule has 1 aliphatic rings. The molecule has 0 unspecified atom stereocenters. The van der Waals surface area contributed by atoms with Gasteiger partial charge in [0.15, 0.2) is 5.13 Å². The summed E-state index contributed by atoms with van der Waals surface area (Å²) in [6, 6.07) is 16.4. The number of nitrogens with one attached hydrogen (secondary N) is 1. The summed E-state index contributed by atoms with van der Waals surface area (Å²) in [4.78, 5) is 19.2. The minimum absolute atomic E-state index is 0.00982. The molecule has 0 atom stereocenters. The number of hydrogen-bond donors (Lipinski definition) is 1. The highest BCUT2D eigenvalue weighted by Crippen LogP contribution is 2.25. The van der Waals surface area contributed by atoms with Crippen molar-refractivity contribution in [3.63, 3.8) is 0 Å². The van der Waals surface area contributed by atoms with Crippen LogP contribution in [-0.4, -0.2) is 29.4 Å². The molecule has 0 bridgehead atoms. The standard InChI is InChI=1S/C23H25N3O2S/c1-28-21-9-8-19-14-26(12-11-18(19)13-21)15-20-16-29-23(24-20)25-22(27)10-7-17-5-3-2-4-6-17/h2-6,8-9,13,16H,7,10-12,14-15H2,1H3,(H,24,25,27). The molecule has 1 N–H and O–H groups in total. The number of aryl methyl sites for hydroxylation is 1. The number of nitrogens with zero attached hydrogens (tertiary/aromatic N) is 2. The molecule has 150 valence electrons. The predicted octanol–water partition coefficient (Wildman–Crippen LogP) is 4.28. The van der Waals surface area contributed by atoms with Gasteiger partial charge in [-0.3, -0.25) is 9.69 Å². The van der Waals surface area contributed by atoms with Crippen LogP contribution in [-0.2, 0) is 30.7 Å². The Kier molecular flexibility index (Phi) is 6.22. The summed E-state index contributed by atoms with van der Waals surface area (Å²) < 4.78 is 5.32. The Labute approximate surface area is 175 Å². The number of thiazole rings is 1. The molecular weight excluding hydrogens is 382 g/mol. The second-order valence-corrected chi connectivity index (χ2v) is 8.13. The van der Waals surface area contributed by atoms with E-state index >= 15 is 0 Å². The fraction of sp³-hybridized carbons (Fsp3) is 0.304. The van der Waals surface area contributed by atoms with Gasteiger partial charge < -0.3 is 10.1 Å². The first kappa shape index (κ1) is 19.6. The van der Waals surface area contributed by atoms with Gasteiger partial charge in [-0.05, 0) is 41.7 Å². The fourth-order valence-corrected chi connectivity index (χ4v) is 4.32. The topological polar surface area (TPSA) is 54.5 Å². The molecule has 2 aromatic carbocycles. The van der Waals surface area contributed by atoms with Crippen molar-refractivity contribution in [2.75, 3.05) is 19.0 Å². The van der Waals surface area contributed by atoms with Crippen molar-refractivity contribution < 1.29 is 9.53 Å². The lowest BCUT2D eigenvalue weighted by molar-refractivity contribution is -0.116. The highest BCUT2D eigenvalue weighted by Gasteiger charge is 2.18. The molecule has 0 aliphatic carbocycles. The smallest absolute Gasteiger partial charge is 0.226 e. The Bertz CT molecular complexity index is 971. The number of carbonyl (C=O) groups excluding carboxylic acids is 1. The SMILES string of the molecule is COc1ccc2c(c1)CCN(Cc1csc(NC(=O)CCc3ccccc3)n1)C2. The van der Waals surface area contributed by atoms with Gasteiger partial charge in [-0.25, -0.2) is 4.98 Å². The van der Waals surface area contributed by atoms with Crippen molar-refractivity contribution in [3.05, 3.63) is 76.3 Å². The van der Waals surface area contributed by atoms with Gasteiger partial charge in [0.05, 0.1) is 12.8 Å². The number of aromatic nitrogens is 1. The third-order valence-corrected chi connectivity index (χ3v) is 5.98. The normalized spacial score (nSPS) is 13.7. The Morgan fingerprint density at radius 1 is 1.21 bits per heavy atom. The molecule has 1 amide bonds. The molecule has 1 aliphatic heterocycles. The highest BCUT2D eigenvalue weighted by atomic mass is 32.1. The molecule has 0 saturated carbocycles. The maximum atomic E-state index is 12.2. The van der Waals surface area contributed by atoms with E-state index in [0.717, 1.165) is 43.9 Å². The van der Waals surface area contributed by atoms with Crippen molar-refractivity contribution >= 4 is 22.4 Å². The number of hydrogen-bond acceptors (Lipinski definition) is 5. The van der Waals surface area contributed by atoms with Crippen LogP contribution >= 0.6 is 11.3 Å². The Morgan fingerprint density at radius 3 is 2.90 bits per heavy atom. The van der Waals surface area contributed by atoms with Gasteiger partial charge in [0.2, 0.25) is 5.91 Å². The van der Waals surface area contributed by atoms with Crippen LogP contribution in [0.5, 0.6) is 5.75 Å². The zero-order chi connectivity index (χ0) is 20.1. The van der Waals surface area contributed by atoms with Crippen LogP contribution < -0.4 is 10.1 Å². The number of ether oxygens (including phenoxy) is 1. The number of amides is 1. The van der Waals surface area contributed by atoms with Crippen molar-refractivity contribution in [1.29, 1.82) is 0 Å². The molecule has 0 radical (unpaired) electrons. The van der Waals surface area contributed by atoms with E-state index in [0.29, 0.717) is 11.6 Å². The lowest BCUT2D eigenvalue weighted by atomic mass is 9.99. The second kappa shape index (κ2) is 9.20. The summed E-state index contributed by atoms with van der Waals surface area (Å²) in [5, 5.41) is 5.65. The van der Waals surface area contributed by atoms with Crippen LogP contribution in [0.2, 0.25) is 0 Å². The average molecular weight is 408 g/mol. The fourth-order valence-electron chi connectivity index (χ4n) is 3.60. The molecule has 29 heavy (non-hydrogen) atoms. The monoisotopic (exact) mass is 407 g/mol. The van der Waals surface area contributed by atoms with Gasteiger partial charge in [-0.15, -0.1) is 11.3 Å². The zero-order valence-electron chi connectivity index (χ0n) is 16.6. The molecule has 6 heteroatoms. The Morgan fingerprint density at radius 2 is 2.07 bits per heavy atom. The van der Waals surface area contributed by atoms with Gasteiger partial charge in [-0.1, -0.05) is 36.4 Å².